The van der Waals surface area contributed by atoms with Crippen LogP contribution in [0, 0.1) is 0 Å². The average Bonchev–Trinajstić information content (AvgIpc) is 2.17. The summed E-state index contributed by atoms with van der Waals surface area (Å²) >= 11 is 0. The van der Waals surface area contributed by atoms with Gasteiger partial charge in [-0.25, -0.2) is 0 Å². The number of halogens is 3. The van der Waals surface area contributed by atoms with E-state index in [0.717, 1.165) is 12.1 Å². The van der Waals surface area contributed by atoms with Crippen molar-refractivity contribution in [3.05, 3.63) is 29.8 Å². The number of alkyl halides is 3. The second-order valence-electron chi connectivity index (χ2n) is 3.58. The first kappa shape index (κ1) is 12.8. The molecule has 0 bridgehead atoms. The van der Waals surface area contributed by atoms with Crippen LogP contribution in [0.15, 0.2) is 24.3 Å². The quantitative estimate of drug-likeness (QED) is 0.862. The molecule has 1 aromatic rings. The molecule has 16 heavy (non-hydrogen) atoms. The van der Waals surface area contributed by atoms with Crippen molar-refractivity contribution < 1.29 is 17.9 Å². The molecule has 0 aromatic heterocycles. The van der Waals surface area contributed by atoms with Crippen LogP contribution in [0.4, 0.5) is 18.9 Å². The highest BCUT2D eigenvalue weighted by Crippen LogP contribution is 2.30. The van der Waals surface area contributed by atoms with Crippen LogP contribution < -0.4 is 5.32 Å². The van der Waals surface area contributed by atoms with Crippen LogP contribution in [0.25, 0.3) is 0 Å². The Balaban J connectivity index is 2.75. The molecule has 0 saturated heterocycles. The van der Waals surface area contributed by atoms with Crippen LogP contribution in [0.1, 0.15) is 12.5 Å². The maximum Gasteiger partial charge on any atom is 0.416 e. The topological polar surface area (TPSA) is 21.3 Å². The van der Waals surface area contributed by atoms with Crippen molar-refractivity contribution in [1.29, 1.82) is 0 Å². The molecular formula is C11H14F3NO. The van der Waals surface area contributed by atoms with Crippen molar-refractivity contribution in [2.45, 2.75) is 19.1 Å². The highest BCUT2D eigenvalue weighted by atomic mass is 19.4. The fraction of sp³-hybridized carbons (Fsp3) is 0.455. The first-order valence-corrected chi connectivity index (χ1v) is 4.86. The van der Waals surface area contributed by atoms with Gasteiger partial charge < -0.3 is 10.1 Å². The molecule has 0 amide bonds. The summed E-state index contributed by atoms with van der Waals surface area (Å²) < 4.78 is 42.1. The zero-order valence-electron chi connectivity index (χ0n) is 9.14. The van der Waals surface area contributed by atoms with Gasteiger partial charge in [0.1, 0.15) is 0 Å². The van der Waals surface area contributed by atoms with Gasteiger partial charge in [-0.1, -0.05) is 6.07 Å². The number of ether oxygens (including phenoxy) is 1. The molecule has 0 heterocycles. The summed E-state index contributed by atoms with van der Waals surface area (Å²) in [4.78, 5) is 0. The summed E-state index contributed by atoms with van der Waals surface area (Å²) in [7, 11) is 1.55. The van der Waals surface area contributed by atoms with Gasteiger partial charge in [0.2, 0.25) is 0 Å². The van der Waals surface area contributed by atoms with E-state index in [1.165, 1.54) is 6.07 Å². The van der Waals surface area contributed by atoms with Gasteiger partial charge >= 0.3 is 6.18 Å². The maximum absolute atomic E-state index is 12.4. The predicted octanol–water partition coefficient (Wildman–Crippen LogP) is 3.15. The standard InChI is InChI=1S/C11H14F3NO/c1-8(7-16-2)15-10-5-3-4-9(6-10)11(12,13)14/h3-6,8,15H,7H2,1-2H3. The van der Waals surface area contributed by atoms with Gasteiger partial charge in [0, 0.05) is 18.8 Å². The zero-order chi connectivity index (χ0) is 12.2. The molecule has 0 fully saturated rings. The number of hydrogen-bond acceptors (Lipinski definition) is 2. The minimum Gasteiger partial charge on any atom is -0.383 e. The van der Waals surface area contributed by atoms with Crippen LogP contribution in [0.3, 0.4) is 0 Å². The van der Waals surface area contributed by atoms with Crippen molar-refractivity contribution in [2.75, 3.05) is 19.0 Å². The Morgan fingerprint density at radius 2 is 2.06 bits per heavy atom. The van der Waals surface area contributed by atoms with E-state index >= 15 is 0 Å². The number of nitrogens with one attached hydrogen (secondary N) is 1. The summed E-state index contributed by atoms with van der Waals surface area (Å²) in [6, 6.07) is 5.08. The van der Waals surface area contributed by atoms with Gasteiger partial charge in [-0.05, 0) is 25.1 Å². The van der Waals surface area contributed by atoms with E-state index in [1.54, 1.807) is 13.2 Å². The fourth-order valence-corrected chi connectivity index (χ4v) is 1.36. The lowest BCUT2D eigenvalue weighted by Gasteiger charge is -2.15. The maximum atomic E-state index is 12.4. The van der Waals surface area contributed by atoms with Crippen LogP contribution in [0.5, 0.6) is 0 Å². The van der Waals surface area contributed by atoms with E-state index in [9.17, 15) is 13.2 Å². The second-order valence-corrected chi connectivity index (χ2v) is 3.58. The van der Waals surface area contributed by atoms with Gasteiger partial charge in [-0.2, -0.15) is 13.2 Å². The van der Waals surface area contributed by atoms with Crippen molar-refractivity contribution in [3.63, 3.8) is 0 Å². The third-order valence-corrected chi connectivity index (χ3v) is 2.02. The molecule has 0 radical (unpaired) electrons. The number of anilines is 1. The van der Waals surface area contributed by atoms with E-state index in [1.807, 2.05) is 6.92 Å². The minimum atomic E-state index is -4.30. The molecule has 0 aliphatic rings. The van der Waals surface area contributed by atoms with Crippen LogP contribution >= 0.6 is 0 Å². The molecule has 5 heteroatoms. The number of hydrogen-bond donors (Lipinski definition) is 1. The Hall–Kier alpha value is -1.23. The third-order valence-electron chi connectivity index (χ3n) is 2.02. The fourth-order valence-electron chi connectivity index (χ4n) is 1.36. The Morgan fingerprint density at radius 3 is 2.62 bits per heavy atom. The van der Waals surface area contributed by atoms with E-state index < -0.39 is 11.7 Å². The van der Waals surface area contributed by atoms with Crippen molar-refractivity contribution in [2.24, 2.45) is 0 Å². The van der Waals surface area contributed by atoms with E-state index in [4.69, 9.17) is 4.74 Å². The number of methoxy groups -OCH3 is 1. The molecule has 1 N–H and O–H groups in total. The lowest BCUT2D eigenvalue weighted by molar-refractivity contribution is -0.137. The molecule has 1 rings (SSSR count). The second kappa shape index (κ2) is 5.21. The van der Waals surface area contributed by atoms with Gasteiger partial charge in [0.05, 0.1) is 12.2 Å². The van der Waals surface area contributed by atoms with Gasteiger partial charge in [0.15, 0.2) is 0 Å². The SMILES string of the molecule is COCC(C)Nc1cccc(C(F)(F)F)c1. The molecule has 1 aromatic carbocycles. The first-order valence-electron chi connectivity index (χ1n) is 4.86. The Bertz CT molecular complexity index is 338. The normalized spacial score (nSPS) is 13.6. The lowest BCUT2D eigenvalue weighted by atomic mass is 10.2. The molecule has 0 aliphatic carbocycles. The van der Waals surface area contributed by atoms with Gasteiger partial charge in [0.25, 0.3) is 0 Å². The molecule has 1 atom stereocenters. The molecule has 0 saturated carbocycles. The highest BCUT2D eigenvalue weighted by molar-refractivity contribution is 5.47. The molecule has 0 aliphatic heterocycles. The number of rotatable bonds is 4. The summed E-state index contributed by atoms with van der Waals surface area (Å²) in [5.74, 6) is 0. The molecule has 1 unspecified atom stereocenters. The van der Waals surface area contributed by atoms with Crippen molar-refractivity contribution in [3.8, 4) is 0 Å². The Labute approximate surface area is 92.4 Å². The summed E-state index contributed by atoms with van der Waals surface area (Å²) in [6.07, 6.45) is -4.30. The van der Waals surface area contributed by atoms with Crippen molar-refractivity contribution in [1.82, 2.24) is 0 Å². The van der Waals surface area contributed by atoms with E-state index in [2.05, 4.69) is 5.32 Å². The van der Waals surface area contributed by atoms with Gasteiger partial charge in [-0.3, -0.25) is 0 Å². The van der Waals surface area contributed by atoms with Crippen LogP contribution in [-0.2, 0) is 10.9 Å². The Morgan fingerprint density at radius 1 is 1.38 bits per heavy atom. The van der Waals surface area contributed by atoms with E-state index in [-0.39, 0.29) is 6.04 Å². The van der Waals surface area contributed by atoms with Crippen LogP contribution in [-0.4, -0.2) is 19.8 Å². The largest absolute Gasteiger partial charge is 0.416 e. The van der Waals surface area contributed by atoms with E-state index in [0.29, 0.717) is 12.3 Å². The third kappa shape index (κ3) is 3.73. The van der Waals surface area contributed by atoms with Gasteiger partial charge in [-0.15, -0.1) is 0 Å². The Kier molecular flexibility index (Phi) is 4.18. The molecule has 90 valence electrons. The van der Waals surface area contributed by atoms with Crippen molar-refractivity contribution >= 4 is 5.69 Å². The predicted molar refractivity (Wildman–Crippen MR) is 56.4 cm³/mol. The first-order chi connectivity index (χ1) is 7.43. The number of benzene rings is 1. The summed E-state index contributed by atoms with van der Waals surface area (Å²) in [5.41, 5.74) is -0.207. The minimum absolute atomic E-state index is 0.0338. The summed E-state index contributed by atoms with van der Waals surface area (Å²) in [6.45, 7) is 2.28. The van der Waals surface area contributed by atoms with Crippen LogP contribution in [0.2, 0.25) is 0 Å². The molecular weight excluding hydrogens is 219 g/mol. The average molecular weight is 233 g/mol. The smallest absolute Gasteiger partial charge is 0.383 e. The zero-order valence-corrected chi connectivity index (χ0v) is 9.14. The molecule has 0 spiro atoms. The monoisotopic (exact) mass is 233 g/mol. The molecule has 2 nitrogen and oxygen atoms in total. The highest BCUT2D eigenvalue weighted by Gasteiger charge is 2.30. The summed E-state index contributed by atoms with van der Waals surface area (Å²) in [5, 5.41) is 2.93. The lowest BCUT2D eigenvalue weighted by Crippen LogP contribution is -2.21.